The third kappa shape index (κ3) is 4.60. The first-order valence-corrected chi connectivity index (χ1v) is 9.99. The zero-order chi connectivity index (χ0) is 19.6. The third-order valence-corrected chi connectivity index (χ3v) is 5.58. The predicted molar refractivity (Wildman–Crippen MR) is 111 cm³/mol. The standard InChI is InChI=1S/C21H22ClN3OS/c1-14(19(26)15-8-10-16(11-9-15)21(2,3)4)27-20-24-23-13-25(20)18-7-5-6-17(22)12-18/h5-14H,1-4H3. The lowest BCUT2D eigenvalue weighted by Crippen LogP contribution is -2.16. The molecule has 0 aliphatic carbocycles. The second-order valence-electron chi connectivity index (χ2n) is 7.42. The zero-order valence-corrected chi connectivity index (χ0v) is 17.4. The summed E-state index contributed by atoms with van der Waals surface area (Å²) in [6.45, 7) is 8.36. The normalized spacial score (nSPS) is 12.8. The van der Waals surface area contributed by atoms with Gasteiger partial charge in [-0.15, -0.1) is 10.2 Å². The van der Waals surface area contributed by atoms with Gasteiger partial charge in [-0.25, -0.2) is 0 Å². The van der Waals surface area contributed by atoms with Crippen LogP contribution >= 0.6 is 23.4 Å². The topological polar surface area (TPSA) is 47.8 Å². The van der Waals surface area contributed by atoms with Gasteiger partial charge in [0, 0.05) is 10.6 Å². The molecule has 0 spiro atoms. The van der Waals surface area contributed by atoms with Crippen molar-refractivity contribution in [1.29, 1.82) is 0 Å². The van der Waals surface area contributed by atoms with Crippen LogP contribution in [0, 0.1) is 0 Å². The maximum Gasteiger partial charge on any atom is 0.196 e. The fraction of sp³-hybridized carbons (Fsp3) is 0.286. The van der Waals surface area contributed by atoms with Gasteiger partial charge < -0.3 is 0 Å². The maximum atomic E-state index is 12.8. The number of Topliss-reactive ketones (excluding diaryl/α,β-unsaturated/α-hetero) is 1. The first-order chi connectivity index (χ1) is 12.8. The summed E-state index contributed by atoms with van der Waals surface area (Å²) in [5, 5.41) is 9.17. The molecule has 0 fully saturated rings. The van der Waals surface area contributed by atoms with Gasteiger partial charge in [-0.1, -0.05) is 74.5 Å². The van der Waals surface area contributed by atoms with Crippen molar-refractivity contribution >= 4 is 29.1 Å². The summed E-state index contributed by atoms with van der Waals surface area (Å²) in [4.78, 5) is 12.8. The smallest absolute Gasteiger partial charge is 0.196 e. The number of benzene rings is 2. The number of hydrogen-bond acceptors (Lipinski definition) is 4. The van der Waals surface area contributed by atoms with Crippen LogP contribution in [0.5, 0.6) is 0 Å². The Bertz CT molecular complexity index is 945. The molecule has 2 aromatic carbocycles. The van der Waals surface area contributed by atoms with Gasteiger partial charge in [0.25, 0.3) is 0 Å². The van der Waals surface area contributed by atoms with Crippen LogP contribution in [0.1, 0.15) is 43.6 Å². The first kappa shape index (κ1) is 19.6. The van der Waals surface area contributed by atoms with Crippen LogP contribution in [0.2, 0.25) is 5.02 Å². The van der Waals surface area contributed by atoms with Crippen LogP contribution in [-0.4, -0.2) is 25.8 Å². The Hall–Kier alpha value is -2.11. The number of rotatable bonds is 5. The van der Waals surface area contributed by atoms with Gasteiger partial charge >= 0.3 is 0 Å². The number of carbonyl (C=O) groups is 1. The third-order valence-electron chi connectivity index (χ3n) is 4.29. The fourth-order valence-corrected chi connectivity index (χ4v) is 3.79. The van der Waals surface area contributed by atoms with Crippen molar-refractivity contribution < 1.29 is 4.79 Å². The van der Waals surface area contributed by atoms with Crippen molar-refractivity contribution in [2.75, 3.05) is 0 Å². The Balaban J connectivity index is 1.77. The summed E-state index contributed by atoms with van der Waals surface area (Å²) >= 11 is 7.47. The molecule has 140 valence electrons. The highest BCUT2D eigenvalue weighted by molar-refractivity contribution is 8.00. The molecule has 27 heavy (non-hydrogen) atoms. The minimum atomic E-state index is -0.285. The Morgan fingerprint density at radius 2 is 1.85 bits per heavy atom. The molecule has 3 rings (SSSR count). The average Bonchev–Trinajstić information content (AvgIpc) is 3.08. The van der Waals surface area contributed by atoms with E-state index < -0.39 is 0 Å². The van der Waals surface area contributed by atoms with Crippen LogP contribution in [0.3, 0.4) is 0 Å². The van der Waals surface area contributed by atoms with E-state index in [2.05, 4.69) is 31.0 Å². The van der Waals surface area contributed by atoms with E-state index >= 15 is 0 Å². The molecule has 0 saturated carbocycles. The molecule has 0 aliphatic rings. The number of thioether (sulfide) groups is 1. The molecular weight excluding hydrogens is 378 g/mol. The van der Waals surface area contributed by atoms with Gasteiger partial charge in [-0.05, 0) is 36.1 Å². The minimum absolute atomic E-state index is 0.0648. The van der Waals surface area contributed by atoms with E-state index in [0.717, 1.165) is 5.69 Å². The number of hydrogen-bond donors (Lipinski definition) is 0. The zero-order valence-electron chi connectivity index (χ0n) is 15.8. The predicted octanol–water partition coefficient (Wildman–Crippen LogP) is 5.58. The van der Waals surface area contributed by atoms with E-state index in [9.17, 15) is 4.79 Å². The molecule has 6 heteroatoms. The van der Waals surface area contributed by atoms with Crippen LogP contribution in [0.25, 0.3) is 5.69 Å². The summed E-state index contributed by atoms with van der Waals surface area (Å²) in [6.07, 6.45) is 1.63. The van der Waals surface area contributed by atoms with E-state index in [-0.39, 0.29) is 16.4 Å². The second-order valence-corrected chi connectivity index (χ2v) is 9.16. The quantitative estimate of drug-likeness (QED) is 0.415. The molecule has 0 radical (unpaired) electrons. The molecule has 4 nitrogen and oxygen atoms in total. The molecule has 0 amide bonds. The van der Waals surface area contributed by atoms with Crippen molar-refractivity contribution in [3.05, 3.63) is 71.0 Å². The molecule has 1 heterocycles. The van der Waals surface area contributed by atoms with E-state index in [1.54, 1.807) is 6.33 Å². The summed E-state index contributed by atoms with van der Waals surface area (Å²) in [6, 6.07) is 15.3. The lowest BCUT2D eigenvalue weighted by Gasteiger charge is -2.19. The van der Waals surface area contributed by atoms with E-state index in [0.29, 0.717) is 15.7 Å². The molecule has 3 aromatic rings. The highest BCUT2D eigenvalue weighted by Crippen LogP contribution is 2.28. The maximum absolute atomic E-state index is 12.8. The number of nitrogens with zero attached hydrogens (tertiary/aromatic N) is 3. The van der Waals surface area contributed by atoms with Gasteiger partial charge in [0.2, 0.25) is 0 Å². The molecule has 0 saturated heterocycles. The molecule has 1 aromatic heterocycles. The Morgan fingerprint density at radius 1 is 1.15 bits per heavy atom. The summed E-state index contributed by atoms with van der Waals surface area (Å²) in [7, 11) is 0. The van der Waals surface area contributed by atoms with Gasteiger partial charge in [0.15, 0.2) is 10.9 Å². The first-order valence-electron chi connectivity index (χ1n) is 8.73. The highest BCUT2D eigenvalue weighted by Gasteiger charge is 2.21. The minimum Gasteiger partial charge on any atom is -0.293 e. The van der Waals surface area contributed by atoms with E-state index in [4.69, 9.17) is 11.6 Å². The van der Waals surface area contributed by atoms with Gasteiger partial charge in [-0.3, -0.25) is 9.36 Å². The largest absolute Gasteiger partial charge is 0.293 e. The van der Waals surface area contributed by atoms with Gasteiger partial charge in [-0.2, -0.15) is 0 Å². The number of halogens is 1. The van der Waals surface area contributed by atoms with Crippen LogP contribution < -0.4 is 0 Å². The molecule has 1 unspecified atom stereocenters. The fourth-order valence-electron chi connectivity index (χ4n) is 2.69. The number of ketones is 1. The SMILES string of the molecule is CC(Sc1nncn1-c1cccc(Cl)c1)C(=O)c1ccc(C(C)(C)C)cc1. The molecule has 0 aliphatic heterocycles. The van der Waals surface area contributed by atoms with Crippen molar-refractivity contribution in [3.8, 4) is 5.69 Å². The Kier molecular flexibility index (Phi) is 5.72. The average molecular weight is 400 g/mol. The Labute approximate surface area is 169 Å². The summed E-state index contributed by atoms with van der Waals surface area (Å²) < 4.78 is 1.84. The molecule has 0 N–H and O–H groups in total. The Morgan fingerprint density at radius 3 is 2.48 bits per heavy atom. The monoisotopic (exact) mass is 399 g/mol. The van der Waals surface area contributed by atoms with Crippen molar-refractivity contribution in [3.63, 3.8) is 0 Å². The van der Waals surface area contributed by atoms with E-state index in [1.165, 1.54) is 17.3 Å². The lowest BCUT2D eigenvalue weighted by atomic mass is 9.86. The van der Waals surface area contributed by atoms with Crippen LogP contribution in [0.4, 0.5) is 0 Å². The summed E-state index contributed by atoms with van der Waals surface area (Å²) in [5.41, 5.74) is 2.84. The summed E-state index contributed by atoms with van der Waals surface area (Å²) in [5.74, 6) is 0.0705. The van der Waals surface area contributed by atoms with Crippen LogP contribution in [0.15, 0.2) is 60.0 Å². The van der Waals surface area contributed by atoms with Gasteiger partial charge in [0.1, 0.15) is 6.33 Å². The molecule has 0 bridgehead atoms. The van der Waals surface area contributed by atoms with Crippen LogP contribution in [-0.2, 0) is 5.41 Å². The van der Waals surface area contributed by atoms with Crippen molar-refractivity contribution in [2.45, 2.75) is 43.5 Å². The molecular formula is C21H22ClN3OS. The lowest BCUT2D eigenvalue weighted by molar-refractivity contribution is 0.0994. The number of aromatic nitrogens is 3. The van der Waals surface area contributed by atoms with E-state index in [1.807, 2.05) is 60.0 Å². The van der Waals surface area contributed by atoms with Crippen molar-refractivity contribution in [1.82, 2.24) is 14.8 Å². The highest BCUT2D eigenvalue weighted by atomic mass is 35.5. The van der Waals surface area contributed by atoms with Crippen molar-refractivity contribution in [2.24, 2.45) is 0 Å². The molecule has 1 atom stereocenters. The second kappa shape index (κ2) is 7.87. The van der Waals surface area contributed by atoms with Gasteiger partial charge in [0.05, 0.1) is 10.9 Å². The number of carbonyl (C=O) groups excluding carboxylic acids is 1.